The molecule has 0 radical (unpaired) electrons. The van der Waals surface area contributed by atoms with E-state index in [0.717, 1.165) is 24.0 Å². The van der Waals surface area contributed by atoms with Crippen LogP contribution in [0.25, 0.3) is 0 Å². The Labute approximate surface area is 182 Å². The molecule has 1 heterocycles. The van der Waals surface area contributed by atoms with Crippen molar-refractivity contribution in [3.63, 3.8) is 0 Å². The smallest absolute Gasteiger partial charge is 0.189 e. The van der Waals surface area contributed by atoms with Gasteiger partial charge >= 0.3 is 0 Å². The summed E-state index contributed by atoms with van der Waals surface area (Å²) in [6.07, 6.45) is 28.3. The van der Waals surface area contributed by atoms with E-state index in [0.29, 0.717) is 0 Å². The first-order valence-electron chi connectivity index (χ1n) is 12.9. The fraction of sp³-hybridized carbons (Fsp3) is 0.885. The van der Waals surface area contributed by atoms with Gasteiger partial charge in [-0.25, -0.2) is 4.99 Å². The minimum Gasteiger partial charge on any atom is -0.345 e. The highest BCUT2D eigenvalue weighted by Gasteiger charge is 2.41. The quantitative estimate of drug-likeness (QED) is 0.135. The van der Waals surface area contributed by atoms with Crippen LogP contribution in [0.2, 0.25) is 0 Å². The van der Waals surface area contributed by atoms with E-state index in [1.54, 1.807) is 0 Å². The van der Waals surface area contributed by atoms with Crippen LogP contribution in [0.3, 0.4) is 0 Å². The number of nitrogens with zero attached hydrogens (tertiary/aromatic N) is 2. The van der Waals surface area contributed by atoms with E-state index >= 15 is 0 Å². The summed E-state index contributed by atoms with van der Waals surface area (Å²) >= 11 is 0. The average molecular weight is 408 g/mol. The number of aliphatic hydroxyl groups is 1. The third-order valence-electron chi connectivity index (χ3n) is 6.85. The van der Waals surface area contributed by atoms with E-state index in [-0.39, 0.29) is 12.4 Å². The van der Waals surface area contributed by atoms with Crippen molar-refractivity contribution < 1.29 is 9.59 Å². The van der Waals surface area contributed by atoms with Gasteiger partial charge in [0.25, 0.3) is 0 Å². The molecule has 0 saturated heterocycles. The Kier molecular flexibility index (Phi) is 15.5. The third kappa shape index (κ3) is 10.8. The summed E-state index contributed by atoms with van der Waals surface area (Å²) in [4.78, 5) is 4.67. The van der Waals surface area contributed by atoms with Crippen molar-refractivity contribution in [2.45, 2.75) is 136 Å². The second-order valence-corrected chi connectivity index (χ2v) is 9.13. The molecule has 0 saturated carbocycles. The monoisotopic (exact) mass is 407 g/mol. The molecule has 1 N–H and O–H groups in total. The normalized spacial score (nSPS) is 22.7. The molecule has 170 valence electrons. The maximum absolute atomic E-state index is 10.2. The summed E-state index contributed by atoms with van der Waals surface area (Å²) in [6, 6.07) is 0. The second-order valence-electron chi connectivity index (χ2n) is 9.13. The molecule has 0 fully saturated rings. The molecule has 1 aliphatic rings. The minimum atomic E-state index is -0.314. The third-order valence-corrected chi connectivity index (χ3v) is 6.85. The Morgan fingerprint density at radius 3 is 1.90 bits per heavy atom. The Bertz CT molecular complexity index is 432. The lowest BCUT2D eigenvalue weighted by molar-refractivity contribution is -0.976. The van der Waals surface area contributed by atoms with Gasteiger partial charge in [0.15, 0.2) is 12.4 Å². The SMILES string of the molecule is CCCCCCCCC/C=C/CCCCCCCCC1N=CC[N+]1(CC)C(C)O. The lowest BCUT2D eigenvalue weighted by Crippen LogP contribution is -2.57. The van der Waals surface area contributed by atoms with Crippen LogP contribution in [0.15, 0.2) is 17.1 Å². The summed E-state index contributed by atoms with van der Waals surface area (Å²) < 4.78 is 0.741. The summed E-state index contributed by atoms with van der Waals surface area (Å²) in [5, 5.41) is 10.2. The standard InChI is InChI=1S/C26H51N2O/c1-4-6-7-8-9-10-11-12-13-14-15-16-17-18-19-20-21-22-26-27-23-24-28(26,5-2)25(3)29/h13-14,23,25-26,29H,4-12,15-22,24H2,1-3H3/q+1/b14-13+. The summed E-state index contributed by atoms with van der Waals surface area (Å²) in [6.45, 7) is 8.25. The molecule has 0 aliphatic carbocycles. The number of unbranched alkanes of at least 4 members (excludes halogenated alkanes) is 13. The maximum Gasteiger partial charge on any atom is 0.189 e. The minimum absolute atomic E-state index is 0.279. The number of quaternary nitrogens is 1. The summed E-state index contributed by atoms with van der Waals surface area (Å²) in [5.74, 6) is 0. The fourth-order valence-electron chi connectivity index (χ4n) is 4.66. The van der Waals surface area contributed by atoms with Gasteiger partial charge in [-0.2, -0.15) is 0 Å². The Morgan fingerprint density at radius 2 is 1.38 bits per heavy atom. The van der Waals surface area contributed by atoms with E-state index in [1.807, 2.05) is 13.1 Å². The molecular formula is C26H51N2O+. The molecule has 29 heavy (non-hydrogen) atoms. The number of allylic oxidation sites excluding steroid dienone is 2. The molecule has 0 aromatic carbocycles. The van der Waals surface area contributed by atoms with Crippen molar-refractivity contribution in [2.75, 3.05) is 13.1 Å². The van der Waals surface area contributed by atoms with Gasteiger partial charge in [0.2, 0.25) is 0 Å². The number of aliphatic imine (C=N–C) groups is 1. The van der Waals surface area contributed by atoms with Gasteiger partial charge in [0.05, 0.1) is 12.8 Å². The molecule has 3 unspecified atom stereocenters. The van der Waals surface area contributed by atoms with Gasteiger partial charge in [0.1, 0.15) is 6.54 Å². The molecule has 1 rings (SSSR count). The van der Waals surface area contributed by atoms with Gasteiger partial charge in [-0.1, -0.05) is 83.3 Å². The lowest BCUT2D eigenvalue weighted by Gasteiger charge is -2.40. The number of aliphatic hydroxyl groups excluding tert-OH is 1. The number of hydrogen-bond acceptors (Lipinski definition) is 2. The van der Waals surface area contributed by atoms with E-state index in [1.165, 1.54) is 96.3 Å². The number of hydrogen-bond donors (Lipinski definition) is 1. The molecule has 0 bridgehead atoms. The van der Waals surface area contributed by atoms with Gasteiger partial charge in [-0.05, 0) is 39.0 Å². The van der Waals surface area contributed by atoms with Gasteiger partial charge in [-0.3, -0.25) is 4.48 Å². The van der Waals surface area contributed by atoms with Crippen LogP contribution in [0, 0.1) is 0 Å². The first kappa shape index (κ1) is 26.4. The van der Waals surface area contributed by atoms with Gasteiger partial charge < -0.3 is 5.11 Å². The van der Waals surface area contributed by atoms with Gasteiger partial charge in [0, 0.05) is 13.3 Å². The van der Waals surface area contributed by atoms with Crippen molar-refractivity contribution >= 4 is 6.21 Å². The molecule has 1 aliphatic heterocycles. The largest absolute Gasteiger partial charge is 0.345 e. The van der Waals surface area contributed by atoms with E-state index < -0.39 is 0 Å². The summed E-state index contributed by atoms with van der Waals surface area (Å²) in [5.41, 5.74) is 0. The molecule has 3 nitrogen and oxygen atoms in total. The first-order valence-corrected chi connectivity index (χ1v) is 12.9. The molecule has 0 aromatic heterocycles. The first-order chi connectivity index (χ1) is 14.2. The highest BCUT2D eigenvalue weighted by molar-refractivity contribution is 5.60. The molecule has 0 aromatic rings. The molecule has 0 spiro atoms. The molecule has 3 heteroatoms. The van der Waals surface area contributed by atoms with Crippen LogP contribution in [-0.2, 0) is 0 Å². The van der Waals surface area contributed by atoms with Gasteiger partial charge in [-0.15, -0.1) is 0 Å². The van der Waals surface area contributed by atoms with E-state index in [9.17, 15) is 5.11 Å². The van der Waals surface area contributed by atoms with Crippen LogP contribution in [0.1, 0.15) is 124 Å². The zero-order chi connectivity index (χ0) is 21.2. The zero-order valence-corrected chi connectivity index (χ0v) is 20.0. The molecule has 0 amide bonds. The predicted octanol–water partition coefficient (Wildman–Crippen LogP) is 7.39. The zero-order valence-electron chi connectivity index (χ0n) is 20.0. The molecular weight excluding hydrogens is 356 g/mol. The molecule has 3 atom stereocenters. The van der Waals surface area contributed by atoms with Crippen molar-refractivity contribution in [3.05, 3.63) is 12.2 Å². The van der Waals surface area contributed by atoms with E-state index in [4.69, 9.17) is 0 Å². The van der Waals surface area contributed by atoms with Crippen molar-refractivity contribution in [1.29, 1.82) is 0 Å². The fourth-order valence-corrected chi connectivity index (χ4v) is 4.66. The lowest BCUT2D eigenvalue weighted by atomic mass is 10.1. The van der Waals surface area contributed by atoms with Crippen LogP contribution in [0.4, 0.5) is 0 Å². The van der Waals surface area contributed by atoms with E-state index in [2.05, 4.69) is 31.0 Å². The second kappa shape index (κ2) is 17.1. The average Bonchev–Trinajstić information content (AvgIpc) is 3.14. The van der Waals surface area contributed by atoms with Crippen molar-refractivity contribution in [1.82, 2.24) is 0 Å². The summed E-state index contributed by atoms with van der Waals surface area (Å²) in [7, 11) is 0. The highest BCUT2D eigenvalue weighted by atomic mass is 16.3. The highest BCUT2D eigenvalue weighted by Crippen LogP contribution is 2.26. The predicted molar refractivity (Wildman–Crippen MR) is 128 cm³/mol. The Morgan fingerprint density at radius 1 is 0.862 bits per heavy atom. The van der Waals surface area contributed by atoms with Crippen molar-refractivity contribution in [2.24, 2.45) is 4.99 Å². The van der Waals surface area contributed by atoms with Crippen LogP contribution >= 0.6 is 0 Å². The topological polar surface area (TPSA) is 32.6 Å². The number of rotatable bonds is 19. The van der Waals surface area contributed by atoms with Crippen LogP contribution in [-0.4, -0.2) is 41.3 Å². The Balaban J connectivity index is 1.89. The van der Waals surface area contributed by atoms with Crippen LogP contribution < -0.4 is 0 Å². The van der Waals surface area contributed by atoms with Crippen molar-refractivity contribution in [3.8, 4) is 0 Å². The Hall–Kier alpha value is -0.670. The maximum atomic E-state index is 10.2. The van der Waals surface area contributed by atoms with Crippen LogP contribution in [0.5, 0.6) is 0 Å².